The SMILES string of the molecule is CCC(CC(=O)O)NC(=O)c1nn[nH]n1. The molecule has 1 aromatic heterocycles. The molecule has 1 atom stereocenters. The van der Waals surface area contributed by atoms with E-state index in [0.717, 1.165) is 0 Å². The molecule has 15 heavy (non-hydrogen) atoms. The molecule has 0 spiro atoms. The molecule has 1 unspecified atom stereocenters. The molecule has 1 aromatic rings. The van der Waals surface area contributed by atoms with E-state index in [4.69, 9.17) is 5.11 Å². The van der Waals surface area contributed by atoms with Crippen LogP contribution in [0.5, 0.6) is 0 Å². The first kappa shape index (κ1) is 11.1. The minimum absolute atomic E-state index is 0.0983. The Morgan fingerprint density at radius 3 is 2.80 bits per heavy atom. The number of hydrogen-bond acceptors (Lipinski definition) is 5. The van der Waals surface area contributed by atoms with Crippen LogP contribution in [-0.4, -0.2) is 43.6 Å². The number of aliphatic carboxylic acids is 1. The molecule has 0 aromatic carbocycles. The number of aromatic amines is 1. The van der Waals surface area contributed by atoms with Crippen molar-refractivity contribution < 1.29 is 14.7 Å². The third-order valence-corrected chi connectivity index (χ3v) is 1.80. The molecule has 0 bridgehead atoms. The van der Waals surface area contributed by atoms with Crippen molar-refractivity contribution in [2.24, 2.45) is 0 Å². The van der Waals surface area contributed by atoms with Crippen LogP contribution in [0, 0.1) is 0 Å². The highest BCUT2D eigenvalue weighted by Crippen LogP contribution is 1.98. The van der Waals surface area contributed by atoms with E-state index in [0.29, 0.717) is 6.42 Å². The molecule has 1 heterocycles. The Morgan fingerprint density at radius 2 is 2.33 bits per heavy atom. The number of hydrogen-bond donors (Lipinski definition) is 3. The monoisotopic (exact) mass is 213 g/mol. The average Bonchev–Trinajstić information content (AvgIpc) is 2.68. The number of tetrazole rings is 1. The molecule has 0 radical (unpaired) electrons. The van der Waals surface area contributed by atoms with Crippen LogP contribution >= 0.6 is 0 Å². The van der Waals surface area contributed by atoms with Gasteiger partial charge in [0.2, 0.25) is 0 Å². The molecule has 3 N–H and O–H groups in total. The van der Waals surface area contributed by atoms with Gasteiger partial charge in [0.1, 0.15) is 0 Å². The predicted molar refractivity (Wildman–Crippen MR) is 48.0 cm³/mol. The Hall–Kier alpha value is -1.99. The van der Waals surface area contributed by atoms with E-state index in [-0.39, 0.29) is 12.2 Å². The Balaban J connectivity index is 2.52. The lowest BCUT2D eigenvalue weighted by molar-refractivity contribution is -0.137. The van der Waals surface area contributed by atoms with E-state index in [1.165, 1.54) is 0 Å². The number of carbonyl (C=O) groups excluding carboxylic acids is 1. The summed E-state index contributed by atoms with van der Waals surface area (Å²) in [6.07, 6.45) is 0.399. The minimum Gasteiger partial charge on any atom is -0.481 e. The van der Waals surface area contributed by atoms with Crippen LogP contribution in [-0.2, 0) is 4.79 Å². The van der Waals surface area contributed by atoms with Crippen LogP contribution in [0.2, 0.25) is 0 Å². The number of aromatic nitrogens is 4. The first-order chi connectivity index (χ1) is 7.13. The summed E-state index contributed by atoms with van der Waals surface area (Å²) in [7, 11) is 0. The van der Waals surface area contributed by atoms with Gasteiger partial charge in [-0.2, -0.15) is 5.21 Å². The second-order valence-electron chi connectivity index (χ2n) is 2.91. The summed E-state index contributed by atoms with van der Waals surface area (Å²) in [6.45, 7) is 1.78. The highest BCUT2D eigenvalue weighted by molar-refractivity contribution is 5.90. The zero-order valence-electron chi connectivity index (χ0n) is 8.10. The van der Waals surface area contributed by atoms with Gasteiger partial charge in [-0.25, -0.2) is 0 Å². The van der Waals surface area contributed by atoms with Crippen molar-refractivity contribution in [2.75, 3.05) is 0 Å². The Morgan fingerprint density at radius 1 is 1.60 bits per heavy atom. The predicted octanol–water partition coefficient (Wildman–Crippen LogP) is -0.817. The van der Waals surface area contributed by atoms with E-state index in [9.17, 15) is 9.59 Å². The molecule has 1 rings (SSSR count). The summed E-state index contributed by atoms with van der Waals surface area (Å²) in [4.78, 5) is 21.8. The molecule has 82 valence electrons. The summed E-state index contributed by atoms with van der Waals surface area (Å²) < 4.78 is 0. The van der Waals surface area contributed by atoms with E-state index in [1.54, 1.807) is 6.92 Å². The number of nitrogens with zero attached hydrogens (tertiary/aromatic N) is 3. The summed E-state index contributed by atoms with van der Waals surface area (Å²) in [5.41, 5.74) is 0. The van der Waals surface area contributed by atoms with Crippen LogP contribution in [0.3, 0.4) is 0 Å². The molecule has 0 aliphatic carbocycles. The lowest BCUT2D eigenvalue weighted by Crippen LogP contribution is -2.36. The average molecular weight is 213 g/mol. The highest BCUT2D eigenvalue weighted by atomic mass is 16.4. The topological polar surface area (TPSA) is 121 Å². The van der Waals surface area contributed by atoms with Crippen molar-refractivity contribution in [3.63, 3.8) is 0 Å². The lowest BCUT2D eigenvalue weighted by Gasteiger charge is -2.12. The van der Waals surface area contributed by atoms with E-state index < -0.39 is 17.9 Å². The van der Waals surface area contributed by atoms with Crippen LogP contribution in [0.1, 0.15) is 30.4 Å². The molecule has 0 aliphatic heterocycles. The first-order valence-corrected chi connectivity index (χ1v) is 4.39. The fourth-order valence-corrected chi connectivity index (χ4v) is 1.02. The summed E-state index contributed by atoms with van der Waals surface area (Å²) in [5.74, 6) is -1.59. The van der Waals surface area contributed by atoms with Gasteiger partial charge in [0.15, 0.2) is 0 Å². The number of carboxylic acids is 1. The van der Waals surface area contributed by atoms with Gasteiger partial charge >= 0.3 is 5.97 Å². The second kappa shape index (κ2) is 5.03. The number of nitrogens with one attached hydrogen (secondary N) is 2. The van der Waals surface area contributed by atoms with Crippen molar-refractivity contribution >= 4 is 11.9 Å². The van der Waals surface area contributed by atoms with Gasteiger partial charge in [-0.15, -0.1) is 10.2 Å². The molecule has 0 saturated heterocycles. The van der Waals surface area contributed by atoms with Crippen LogP contribution < -0.4 is 5.32 Å². The molecule has 8 nitrogen and oxygen atoms in total. The molecule has 0 saturated carbocycles. The quantitative estimate of drug-likeness (QED) is 0.587. The summed E-state index contributed by atoms with van der Waals surface area (Å²) in [5, 5.41) is 23.4. The second-order valence-corrected chi connectivity index (χ2v) is 2.91. The van der Waals surface area contributed by atoms with Gasteiger partial charge < -0.3 is 10.4 Å². The van der Waals surface area contributed by atoms with Crippen molar-refractivity contribution in [1.82, 2.24) is 25.9 Å². The van der Waals surface area contributed by atoms with Crippen molar-refractivity contribution in [1.29, 1.82) is 0 Å². The summed E-state index contributed by atoms with van der Waals surface area (Å²) in [6, 6.07) is -0.423. The van der Waals surface area contributed by atoms with Gasteiger partial charge in [0.25, 0.3) is 11.7 Å². The van der Waals surface area contributed by atoms with E-state index in [2.05, 4.69) is 25.9 Å². The van der Waals surface area contributed by atoms with Gasteiger partial charge in [0.05, 0.1) is 6.42 Å². The number of amides is 1. The zero-order chi connectivity index (χ0) is 11.3. The maximum absolute atomic E-state index is 11.4. The van der Waals surface area contributed by atoms with Gasteiger partial charge in [0, 0.05) is 6.04 Å². The van der Waals surface area contributed by atoms with Crippen molar-refractivity contribution in [3.05, 3.63) is 5.82 Å². The van der Waals surface area contributed by atoms with E-state index in [1.807, 2.05) is 0 Å². The fourth-order valence-electron chi connectivity index (χ4n) is 1.02. The molecule has 1 amide bonds. The van der Waals surface area contributed by atoms with Gasteiger partial charge in [-0.1, -0.05) is 6.92 Å². The Bertz CT molecular complexity index is 336. The number of carbonyl (C=O) groups is 2. The maximum atomic E-state index is 11.4. The molecular formula is C7H11N5O3. The third kappa shape index (κ3) is 3.33. The number of carboxylic acid groups (broad SMARTS) is 1. The largest absolute Gasteiger partial charge is 0.481 e. The standard InChI is InChI=1S/C7H11N5O3/c1-2-4(3-5(13)14)8-7(15)6-9-11-12-10-6/h4H,2-3H2,1H3,(H,8,15)(H,13,14)(H,9,10,11,12). The Kier molecular flexibility index (Phi) is 3.72. The smallest absolute Gasteiger partial charge is 0.305 e. The molecule has 0 aliphatic rings. The number of H-pyrrole nitrogens is 1. The van der Waals surface area contributed by atoms with Crippen LogP contribution in [0.25, 0.3) is 0 Å². The molecule has 8 heteroatoms. The third-order valence-electron chi connectivity index (χ3n) is 1.80. The van der Waals surface area contributed by atoms with Crippen molar-refractivity contribution in [3.8, 4) is 0 Å². The molecular weight excluding hydrogens is 202 g/mol. The van der Waals surface area contributed by atoms with Crippen LogP contribution in [0.4, 0.5) is 0 Å². The normalized spacial score (nSPS) is 12.1. The highest BCUT2D eigenvalue weighted by Gasteiger charge is 2.17. The van der Waals surface area contributed by atoms with E-state index >= 15 is 0 Å². The number of rotatable bonds is 5. The van der Waals surface area contributed by atoms with Crippen molar-refractivity contribution in [2.45, 2.75) is 25.8 Å². The zero-order valence-corrected chi connectivity index (χ0v) is 8.10. The summed E-state index contributed by atoms with van der Waals surface area (Å²) >= 11 is 0. The maximum Gasteiger partial charge on any atom is 0.305 e. The Labute approximate surface area is 85.1 Å². The van der Waals surface area contributed by atoms with Gasteiger partial charge in [-0.3, -0.25) is 9.59 Å². The first-order valence-electron chi connectivity index (χ1n) is 4.39. The lowest BCUT2D eigenvalue weighted by atomic mass is 10.1. The minimum atomic E-state index is -0.963. The van der Waals surface area contributed by atoms with Crippen LogP contribution in [0.15, 0.2) is 0 Å². The molecule has 0 fully saturated rings. The fraction of sp³-hybridized carbons (Fsp3) is 0.571. The van der Waals surface area contributed by atoms with Gasteiger partial charge in [-0.05, 0) is 11.6 Å².